The molecule has 0 saturated carbocycles. The number of benzene rings is 2. The first kappa shape index (κ1) is 19.8. The molecule has 2 aromatic rings. The summed E-state index contributed by atoms with van der Waals surface area (Å²) in [5.41, 5.74) is 0.766. The lowest BCUT2D eigenvalue weighted by Crippen LogP contribution is -2.19. The molecule has 0 N–H and O–H groups in total. The maximum absolute atomic E-state index is 12.1. The lowest BCUT2D eigenvalue weighted by atomic mass is 10.1. The second-order valence-corrected chi connectivity index (χ2v) is 5.71. The number of rotatable bonds is 8. The summed E-state index contributed by atoms with van der Waals surface area (Å²) >= 11 is 0. The number of esters is 1. The highest BCUT2D eigenvalue weighted by molar-refractivity contribution is 5.98. The monoisotopic (exact) mass is 371 g/mol. The van der Waals surface area contributed by atoms with Crippen molar-refractivity contribution >= 4 is 23.2 Å². The molecule has 2 aromatic carbocycles. The largest absolute Gasteiger partial charge is 0.482 e. The summed E-state index contributed by atoms with van der Waals surface area (Å²) in [6.45, 7) is 1.97. The predicted octanol–water partition coefficient (Wildman–Crippen LogP) is 2.91. The van der Waals surface area contributed by atoms with E-state index in [9.17, 15) is 24.5 Å². The van der Waals surface area contributed by atoms with Crippen molar-refractivity contribution in [1.29, 1.82) is 0 Å². The van der Waals surface area contributed by atoms with E-state index in [2.05, 4.69) is 0 Å². The average Bonchev–Trinajstić information content (AvgIpc) is 2.64. The number of hydrogen-bond donors (Lipinski definition) is 0. The van der Waals surface area contributed by atoms with Gasteiger partial charge in [0.05, 0.1) is 4.92 Å². The fraction of sp³-hybridized carbons (Fsp3) is 0.211. The Bertz CT molecular complexity index is 905. The molecule has 0 aliphatic heterocycles. The zero-order valence-corrected chi connectivity index (χ0v) is 14.8. The summed E-state index contributed by atoms with van der Waals surface area (Å²) in [6.07, 6.45) is 0. The van der Waals surface area contributed by atoms with Crippen LogP contribution in [0.15, 0.2) is 42.5 Å². The second kappa shape index (κ2) is 8.70. The maximum Gasteiger partial charge on any atom is 0.344 e. The van der Waals surface area contributed by atoms with Crippen molar-refractivity contribution < 1.29 is 28.8 Å². The number of nitro benzene ring substituents is 1. The highest BCUT2D eigenvalue weighted by atomic mass is 16.6. The molecule has 27 heavy (non-hydrogen) atoms. The lowest BCUT2D eigenvalue weighted by molar-refractivity contribution is -0.385. The van der Waals surface area contributed by atoms with E-state index in [1.54, 1.807) is 25.1 Å². The van der Waals surface area contributed by atoms with Gasteiger partial charge in [-0.25, -0.2) is 4.79 Å². The van der Waals surface area contributed by atoms with Crippen LogP contribution in [0.2, 0.25) is 0 Å². The van der Waals surface area contributed by atoms with E-state index < -0.39 is 29.9 Å². The first-order valence-electron chi connectivity index (χ1n) is 7.95. The normalized spacial score (nSPS) is 10.1. The molecule has 0 atom stereocenters. The number of ketones is 2. The summed E-state index contributed by atoms with van der Waals surface area (Å²) in [7, 11) is 0. The van der Waals surface area contributed by atoms with Crippen LogP contribution in [0.25, 0.3) is 0 Å². The van der Waals surface area contributed by atoms with Gasteiger partial charge in [-0.1, -0.05) is 24.3 Å². The van der Waals surface area contributed by atoms with Crippen LogP contribution in [-0.4, -0.2) is 35.7 Å². The highest BCUT2D eigenvalue weighted by Crippen LogP contribution is 2.19. The van der Waals surface area contributed by atoms with E-state index in [4.69, 9.17) is 9.47 Å². The summed E-state index contributed by atoms with van der Waals surface area (Å²) in [5, 5.41) is 10.9. The van der Waals surface area contributed by atoms with Crippen LogP contribution in [0, 0.1) is 17.0 Å². The Morgan fingerprint density at radius 2 is 1.78 bits per heavy atom. The molecule has 0 unspecified atom stereocenters. The van der Waals surface area contributed by atoms with Crippen LogP contribution in [0.5, 0.6) is 5.75 Å². The molecule has 0 radical (unpaired) electrons. The van der Waals surface area contributed by atoms with Crippen molar-refractivity contribution in [3.05, 3.63) is 69.3 Å². The summed E-state index contributed by atoms with van der Waals surface area (Å²) < 4.78 is 10.1. The number of nitrogens with zero attached hydrogens (tertiary/aromatic N) is 1. The molecule has 8 heteroatoms. The summed E-state index contributed by atoms with van der Waals surface area (Å²) in [5.74, 6) is -1.16. The quantitative estimate of drug-likeness (QED) is 0.303. The van der Waals surface area contributed by atoms with Gasteiger partial charge >= 0.3 is 5.97 Å². The van der Waals surface area contributed by atoms with Crippen molar-refractivity contribution in [3.63, 3.8) is 0 Å². The van der Waals surface area contributed by atoms with Gasteiger partial charge in [0.15, 0.2) is 19.0 Å². The smallest absolute Gasteiger partial charge is 0.344 e. The van der Waals surface area contributed by atoms with Crippen LogP contribution in [0.1, 0.15) is 33.2 Å². The molecule has 0 spiro atoms. The number of Topliss-reactive ketones (excluding diaryl/α,β-unsaturated/α-hetero) is 2. The van der Waals surface area contributed by atoms with Crippen LogP contribution < -0.4 is 4.74 Å². The molecular formula is C19H17NO7. The molecule has 0 fully saturated rings. The van der Waals surface area contributed by atoms with Gasteiger partial charge in [0.2, 0.25) is 5.78 Å². The first-order chi connectivity index (χ1) is 12.8. The van der Waals surface area contributed by atoms with Crippen molar-refractivity contribution in [2.75, 3.05) is 13.2 Å². The molecule has 140 valence electrons. The standard InChI is InChI=1S/C19H17NO7/c1-12-6-7-15(9-17(12)20(24)25)18(22)10-27-19(23)11-26-16-5-3-4-14(8-16)13(2)21/h3-9H,10-11H2,1-2H3. The Morgan fingerprint density at radius 1 is 1.04 bits per heavy atom. The van der Waals surface area contributed by atoms with Crippen molar-refractivity contribution in [2.24, 2.45) is 0 Å². The van der Waals surface area contributed by atoms with Crippen molar-refractivity contribution in [1.82, 2.24) is 0 Å². The minimum atomic E-state index is -0.779. The van der Waals surface area contributed by atoms with E-state index in [0.717, 1.165) is 6.07 Å². The molecule has 0 saturated heterocycles. The van der Waals surface area contributed by atoms with Gasteiger partial charge in [0.25, 0.3) is 5.69 Å². The Labute approximate surface area is 154 Å². The van der Waals surface area contributed by atoms with Gasteiger partial charge < -0.3 is 9.47 Å². The zero-order valence-electron chi connectivity index (χ0n) is 14.8. The third kappa shape index (κ3) is 5.46. The first-order valence-corrected chi connectivity index (χ1v) is 7.95. The third-order valence-electron chi connectivity index (χ3n) is 3.69. The predicted molar refractivity (Wildman–Crippen MR) is 95.1 cm³/mol. The van der Waals surface area contributed by atoms with E-state index >= 15 is 0 Å². The maximum atomic E-state index is 12.1. The molecule has 0 amide bonds. The van der Waals surface area contributed by atoms with Crippen molar-refractivity contribution in [2.45, 2.75) is 13.8 Å². The molecule has 0 bridgehead atoms. The fourth-order valence-electron chi connectivity index (χ4n) is 2.20. The number of ether oxygens (including phenoxy) is 2. The number of aryl methyl sites for hydroxylation is 1. The lowest BCUT2D eigenvalue weighted by Gasteiger charge is -2.08. The van der Waals surface area contributed by atoms with E-state index in [-0.39, 0.29) is 17.0 Å². The molecule has 0 aromatic heterocycles. The average molecular weight is 371 g/mol. The topological polar surface area (TPSA) is 113 Å². The van der Waals surface area contributed by atoms with Crippen molar-refractivity contribution in [3.8, 4) is 5.75 Å². The molecule has 0 aliphatic rings. The van der Waals surface area contributed by atoms with Gasteiger partial charge in [-0.15, -0.1) is 0 Å². The zero-order chi connectivity index (χ0) is 20.0. The highest BCUT2D eigenvalue weighted by Gasteiger charge is 2.16. The fourth-order valence-corrected chi connectivity index (χ4v) is 2.20. The van der Waals surface area contributed by atoms with E-state index in [1.165, 1.54) is 25.1 Å². The van der Waals surface area contributed by atoms with Crippen LogP contribution in [0.3, 0.4) is 0 Å². The Morgan fingerprint density at radius 3 is 2.44 bits per heavy atom. The molecule has 2 rings (SSSR count). The van der Waals surface area contributed by atoms with Gasteiger partial charge in [-0.3, -0.25) is 19.7 Å². The third-order valence-corrected chi connectivity index (χ3v) is 3.69. The molecule has 0 heterocycles. The second-order valence-electron chi connectivity index (χ2n) is 5.71. The molecule has 0 aliphatic carbocycles. The Hall–Kier alpha value is -3.55. The number of hydrogen-bond acceptors (Lipinski definition) is 7. The van der Waals surface area contributed by atoms with E-state index in [0.29, 0.717) is 16.9 Å². The SMILES string of the molecule is CC(=O)c1cccc(OCC(=O)OCC(=O)c2ccc(C)c([N+](=O)[O-])c2)c1. The summed E-state index contributed by atoms with van der Waals surface area (Å²) in [4.78, 5) is 45.4. The number of carbonyl (C=O) groups excluding carboxylic acids is 3. The van der Waals surface area contributed by atoms with Crippen LogP contribution in [-0.2, 0) is 9.53 Å². The van der Waals surface area contributed by atoms with E-state index in [1.807, 2.05) is 0 Å². The number of carbonyl (C=O) groups is 3. The van der Waals surface area contributed by atoms with Gasteiger partial charge in [-0.05, 0) is 26.0 Å². The van der Waals surface area contributed by atoms with Gasteiger partial charge in [0.1, 0.15) is 5.75 Å². The van der Waals surface area contributed by atoms with Crippen LogP contribution >= 0.6 is 0 Å². The minimum absolute atomic E-state index is 0.0789. The number of nitro groups is 1. The van der Waals surface area contributed by atoms with Gasteiger partial charge in [-0.2, -0.15) is 0 Å². The van der Waals surface area contributed by atoms with Crippen LogP contribution in [0.4, 0.5) is 5.69 Å². The molecular weight excluding hydrogens is 354 g/mol. The van der Waals surface area contributed by atoms with Gasteiger partial charge in [0, 0.05) is 22.8 Å². The summed E-state index contributed by atoms with van der Waals surface area (Å²) in [6, 6.07) is 10.3. The molecule has 8 nitrogen and oxygen atoms in total. The minimum Gasteiger partial charge on any atom is -0.482 e. The Kier molecular flexibility index (Phi) is 6.37. The Balaban J connectivity index is 1.89.